The summed E-state index contributed by atoms with van der Waals surface area (Å²) in [6, 6.07) is 6.28. The summed E-state index contributed by atoms with van der Waals surface area (Å²) in [6.07, 6.45) is 1.31. The molecule has 1 aromatic rings. The third-order valence-corrected chi connectivity index (χ3v) is 2.76. The zero-order valence-electron chi connectivity index (χ0n) is 9.64. The minimum atomic E-state index is -0.625. The van der Waals surface area contributed by atoms with E-state index in [0.717, 1.165) is 6.42 Å². The van der Waals surface area contributed by atoms with Crippen LogP contribution in [0.4, 0.5) is 0 Å². The molecule has 0 aliphatic heterocycles. The van der Waals surface area contributed by atoms with E-state index in [-0.39, 0.29) is 5.91 Å². The number of thiol groups is 1. The van der Waals surface area contributed by atoms with Gasteiger partial charge in [0.05, 0.1) is 5.56 Å². The van der Waals surface area contributed by atoms with Crippen LogP contribution in [-0.4, -0.2) is 17.9 Å². The minimum Gasteiger partial charge on any atom is -0.368 e. The van der Waals surface area contributed by atoms with Crippen molar-refractivity contribution in [3.63, 3.8) is 0 Å². The molecule has 4 nitrogen and oxygen atoms in total. The maximum Gasteiger partial charge on any atom is 0.253 e. The molecular weight excluding hydrogens is 236 g/mol. The number of carbonyl (C=O) groups excluding carboxylic acids is 2. The van der Waals surface area contributed by atoms with Gasteiger partial charge in [-0.05, 0) is 18.6 Å². The number of hydrogen-bond donors (Lipinski definition) is 3. The van der Waals surface area contributed by atoms with Crippen molar-refractivity contribution in [1.82, 2.24) is 5.32 Å². The average molecular weight is 252 g/mol. The third kappa shape index (κ3) is 3.78. The van der Waals surface area contributed by atoms with Gasteiger partial charge in [0.1, 0.15) is 6.04 Å². The van der Waals surface area contributed by atoms with Crippen molar-refractivity contribution in [3.05, 3.63) is 29.8 Å². The summed E-state index contributed by atoms with van der Waals surface area (Å²) < 4.78 is 0. The standard InChI is InChI=1S/C12H16N2O2S/c1-2-5-9(11(13)15)14-12(16)8-6-3-4-7-10(8)17/h3-4,6-7,9,17H,2,5H2,1H3,(H2,13,15)(H,14,16)/t9-/m0/s1. The first-order valence-electron chi connectivity index (χ1n) is 5.44. The van der Waals surface area contributed by atoms with Crippen LogP contribution in [0.1, 0.15) is 30.1 Å². The van der Waals surface area contributed by atoms with E-state index in [1.54, 1.807) is 24.3 Å². The molecule has 0 fully saturated rings. The second-order valence-electron chi connectivity index (χ2n) is 3.73. The highest BCUT2D eigenvalue weighted by Gasteiger charge is 2.18. The quantitative estimate of drug-likeness (QED) is 0.692. The molecule has 0 radical (unpaired) electrons. The van der Waals surface area contributed by atoms with E-state index in [1.165, 1.54) is 0 Å². The molecule has 0 unspecified atom stereocenters. The van der Waals surface area contributed by atoms with Crippen molar-refractivity contribution in [1.29, 1.82) is 0 Å². The van der Waals surface area contributed by atoms with Crippen LogP contribution >= 0.6 is 12.6 Å². The van der Waals surface area contributed by atoms with E-state index in [2.05, 4.69) is 17.9 Å². The third-order valence-electron chi connectivity index (χ3n) is 2.37. The minimum absolute atomic E-state index is 0.326. The first-order chi connectivity index (χ1) is 8.06. The second-order valence-corrected chi connectivity index (χ2v) is 4.22. The van der Waals surface area contributed by atoms with E-state index < -0.39 is 11.9 Å². The summed E-state index contributed by atoms with van der Waals surface area (Å²) in [5, 5.41) is 2.61. The summed E-state index contributed by atoms with van der Waals surface area (Å²) in [4.78, 5) is 23.6. The average Bonchev–Trinajstić information content (AvgIpc) is 2.28. The molecule has 0 saturated heterocycles. The number of nitrogens with two attached hydrogens (primary N) is 1. The van der Waals surface area contributed by atoms with E-state index in [9.17, 15) is 9.59 Å². The summed E-state index contributed by atoms with van der Waals surface area (Å²) in [5.41, 5.74) is 5.66. The SMILES string of the molecule is CCC[C@H](NC(=O)c1ccccc1S)C(N)=O. The maximum atomic E-state index is 11.9. The molecule has 17 heavy (non-hydrogen) atoms. The molecule has 0 spiro atoms. The van der Waals surface area contributed by atoms with Crippen molar-refractivity contribution in [2.45, 2.75) is 30.7 Å². The Morgan fingerprint density at radius 1 is 1.41 bits per heavy atom. The van der Waals surface area contributed by atoms with Gasteiger partial charge in [0.15, 0.2) is 0 Å². The van der Waals surface area contributed by atoms with Crippen molar-refractivity contribution >= 4 is 24.4 Å². The van der Waals surface area contributed by atoms with E-state index in [1.807, 2.05) is 6.92 Å². The lowest BCUT2D eigenvalue weighted by Gasteiger charge is -2.15. The Morgan fingerprint density at radius 3 is 2.59 bits per heavy atom. The summed E-state index contributed by atoms with van der Waals surface area (Å²) in [6.45, 7) is 1.93. The molecule has 0 saturated carbocycles. The second kappa shape index (κ2) is 6.30. The zero-order chi connectivity index (χ0) is 12.8. The lowest BCUT2D eigenvalue weighted by molar-refractivity contribution is -0.120. The maximum absolute atomic E-state index is 11.9. The number of carbonyl (C=O) groups is 2. The molecule has 2 amide bonds. The largest absolute Gasteiger partial charge is 0.368 e. The lowest BCUT2D eigenvalue weighted by atomic mass is 10.1. The smallest absolute Gasteiger partial charge is 0.253 e. The molecule has 0 bridgehead atoms. The van der Waals surface area contributed by atoms with Gasteiger partial charge in [0, 0.05) is 4.90 Å². The van der Waals surface area contributed by atoms with Crippen LogP contribution in [0, 0.1) is 0 Å². The van der Waals surface area contributed by atoms with Crippen LogP contribution in [0.3, 0.4) is 0 Å². The highest BCUT2D eigenvalue weighted by atomic mass is 32.1. The van der Waals surface area contributed by atoms with Gasteiger partial charge in [0.2, 0.25) is 5.91 Å². The molecule has 1 aromatic carbocycles. The number of benzene rings is 1. The monoisotopic (exact) mass is 252 g/mol. The Morgan fingerprint density at radius 2 is 2.06 bits per heavy atom. The van der Waals surface area contributed by atoms with Gasteiger partial charge >= 0.3 is 0 Å². The lowest BCUT2D eigenvalue weighted by Crippen LogP contribution is -2.44. The topological polar surface area (TPSA) is 72.2 Å². The molecule has 0 aliphatic carbocycles. The summed E-state index contributed by atoms with van der Waals surface area (Å²) in [5.74, 6) is -0.843. The molecule has 0 aromatic heterocycles. The van der Waals surface area contributed by atoms with Crippen LogP contribution in [0.2, 0.25) is 0 Å². The number of hydrogen-bond acceptors (Lipinski definition) is 3. The Balaban J connectivity index is 2.77. The van der Waals surface area contributed by atoms with E-state index >= 15 is 0 Å². The zero-order valence-corrected chi connectivity index (χ0v) is 10.5. The highest BCUT2D eigenvalue weighted by molar-refractivity contribution is 7.80. The van der Waals surface area contributed by atoms with Crippen LogP contribution < -0.4 is 11.1 Å². The number of amides is 2. The summed E-state index contributed by atoms with van der Waals surface area (Å²) in [7, 11) is 0. The van der Waals surface area contributed by atoms with E-state index in [0.29, 0.717) is 16.9 Å². The fourth-order valence-corrected chi connectivity index (χ4v) is 1.74. The Hall–Kier alpha value is -1.49. The molecule has 5 heteroatoms. The highest BCUT2D eigenvalue weighted by Crippen LogP contribution is 2.13. The van der Waals surface area contributed by atoms with Gasteiger partial charge in [-0.1, -0.05) is 25.5 Å². The van der Waals surface area contributed by atoms with Gasteiger partial charge in [0.25, 0.3) is 5.91 Å². The van der Waals surface area contributed by atoms with Crippen molar-refractivity contribution < 1.29 is 9.59 Å². The fraction of sp³-hybridized carbons (Fsp3) is 0.333. The van der Waals surface area contributed by atoms with E-state index in [4.69, 9.17) is 5.73 Å². The van der Waals surface area contributed by atoms with Gasteiger partial charge in [-0.3, -0.25) is 9.59 Å². The molecular formula is C12H16N2O2S. The first kappa shape index (κ1) is 13.6. The van der Waals surface area contributed by atoms with Crippen LogP contribution in [0.5, 0.6) is 0 Å². The first-order valence-corrected chi connectivity index (χ1v) is 5.89. The van der Waals surface area contributed by atoms with Crippen molar-refractivity contribution in [3.8, 4) is 0 Å². The molecule has 3 N–H and O–H groups in total. The molecule has 0 aliphatic rings. The van der Waals surface area contributed by atoms with Crippen LogP contribution in [0.15, 0.2) is 29.2 Å². The number of primary amides is 1. The van der Waals surface area contributed by atoms with Crippen molar-refractivity contribution in [2.75, 3.05) is 0 Å². The number of rotatable bonds is 5. The van der Waals surface area contributed by atoms with Gasteiger partial charge in [-0.15, -0.1) is 12.6 Å². The van der Waals surface area contributed by atoms with Gasteiger partial charge < -0.3 is 11.1 Å². The normalized spacial score (nSPS) is 11.9. The fourth-order valence-electron chi connectivity index (χ4n) is 1.48. The molecule has 1 rings (SSSR count). The molecule has 0 heterocycles. The predicted molar refractivity (Wildman–Crippen MR) is 69.1 cm³/mol. The van der Waals surface area contributed by atoms with Gasteiger partial charge in [-0.2, -0.15) is 0 Å². The van der Waals surface area contributed by atoms with Crippen molar-refractivity contribution in [2.24, 2.45) is 5.73 Å². The number of nitrogens with one attached hydrogen (secondary N) is 1. The Labute approximate surface area is 106 Å². The Bertz CT molecular complexity index is 421. The van der Waals surface area contributed by atoms with Gasteiger partial charge in [-0.25, -0.2) is 0 Å². The molecule has 1 atom stereocenters. The van der Waals surface area contributed by atoms with Crippen LogP contribution in [-0.2, 0) is 4.79 Å². The summed E-state index contributed by atoms with van der Waals surface area (Å²) >= 11 is 4.19. The predicted octanol–water partition coefficient (Wildman–Crippen LogP) is 1.36. The Kier molecular flexibility index (Phi) is 5.03. The molecule has 92 valence electrons. The van der Waals surface area contributed by atoms with Crippen LogP contribution in [0.25, 0.3) is 0 Å².